The largest absolute Gasteiger partial charge is 0.468 e. The third kappa shape index (κ3) is 2.88. The molecule has 1 saturated heterocycles. The second-order valence-electron chi connectivity index (χ2n) is 8.83. The Morgan fingerprint density at radius 2 is 1.77 bits per heavy atom. The Labute approximate surface area is 181 Å². The molecule has 0 aromatic heterocycles. The number of amides is 2. The number of hydrogen-bond acceptors (Lipinski definition) is 4. The molecule has 1 N–H and O–H groups in total. The van der Waals surface area contributed by atoms with Gasteiger partial charge in [-0.25, -0.2) is 0 Å². The standard InChI is InChI=1S/C25H26N2O4/c1-31-23(30)24(13-14-24)22(29)27-16-15-25(18-9-5-6-10-19(18)26-21(25)28)20(27)12-11-17-7-3-2-4-8-17/h2-10,20H,11-16H2,1H3,(H,26,28)/t20-,25-/m0/s1. The number of nitrogens with one attached hydrogen (secondary N) is 1. The lowest BCUT2D eigenvalue weighted by Crippen LogP contribution is -2.51. The summed E-state index contributed by atoms with van der Waals surface area (Å²) < 4.78 is 4.95. The van der Waals surface area contributed by atoms with E-state index in [1.54, 1.807) is 4.90 Å². The number of likely N-dealkylation sites (tertiary alicyclic amines) is 1. The van der Waals surface area contributed by atoms with Crippen molar-refractivity contribution in [1.29, 1.82) is 0 Å². The van der Waals surface area contributed by atoms with Gasteiger partial charge in [0.05, 0.1) is 18.6 Å². The molecule has 2 aromatic carbocycles. The number of para-hydroxylation sites is 1. The van der Waals surface area contributed by atoms with Gasteiger partial charge in [0.25, 0.3) is 0 Å². The van der Waals surface area contributed by atoms with Gasteiger partial charge in [-0.1, -0.05) is 48.5 Å². The normalized spacial score (nSPS) is 25.3. The third-order valence-corrected chi connectivity index (χ3v) is 7.30. The summed E-state index contributed by atoms with van der Waals surface area (Å²) in [6.45, 7) is 0.457. The number of methoxy groups -OCH3 is 1. The molecular formula is C25H26N2O4. The van der Waals surface area contributed by atoms with Crippen LogP contribution in [0.4, 0.5) is 5.69 Å². The van der Waals surface area contributed by atoms with Crippen LogP contribution >= 0.6 is 0 Å². The molecule has 2 fully saturated rings. The zero-order chi connectivity index (χ0) is 21.6. The first-order chi connectivity index (χ1) is 15.0. The molecule has 2 amide bonds. The van der Waals surface area contributed by atoms with Crippen molar-refractivity contribution in [3.05, 3.63) is 65.7 Å². The van der Waals surface area contributed by atoms with Crippen molar-refractivity contribution in [2.45, 2.75) is 43.6 Å². The minimum Gasteiger partial charge on any atom is -0.468 e. The molecule has 1 aliphatic carbocycles. The Hall–Kier alpha value is -3.15. The van der Waals surface area contributed by atoms with E-state index in [1.807, 2.05) is 42.5 Å². The second-order valence-corrected chi connectivity index (χ2v) is 8.83. The highest BCUT2D eigenvalue weighted by molar-refractivity contribution is 6.09. The lowest BCUT2D eigenvalue weighted by atomic mass is 9.73. The molecule has 1 spiro atoms. The Morgan fingerprint density at radius 3 is 2.48 bits per heavy atom. The van der Waals surface area contributed by atoms with Crippen molar-refractivity contribution in [1.82, 2.24) is 4.90 Å². The minimum atomic E-state index is -1.07. The first-order valence-corrected chi connectivity index (χ1v) is 10.9. The topological polar surface area (TPSA) is 75.7 Å². The molecule has 6 nitrogen and oxygen atoms in total. The Bertz CT molecular complexity index is 1050. The zero-order valence-electron chi connectivity index (χ0n) is 17.6. The highest BCUT2D eigenvalue weighted by Gasteiger charge is 2.65. The van der Waals surface area contributed by atoms with Crippen LogP contribution in [0, 0.1) is 5.41 Å². The number of rotatable bonds is 5. The first-order valence-electron chi connectivity index (χ1n) is 10.9. The molecule has 2 heterocycles. The number of hydrogen-bond donors (Lipinski definition) is 1. The number of ether oxygens (including phenoxy) is 1. The van der Waals surface area contributed by atoms with Gasteiger partial charge in [0.1, 0.15) is 5.41 Å². The predicted molar refractivity (Wildman–Crippen MR) is 115 cm³/mol. The molecule has 31 heavy (non-hydrogen) atoms. The summed E-state index contributed by atoms with van der Waals surface area (Å²) in [5, 5.41) is 3.04. The van der Waals surface area contributed by atoms with Gasteiger partial charge in [0.15, 0.2) is 0 Å². The van der Waals surface area contributed by atoms with Crippen molar-refractivity contribution in [2.75, 3.05) is 19.0 Å². The fourth-order valence-corrected chi connectivity index (χ4v) is 5.50. The van der Waals surface area contributed by atoms with Gasteiger partial charge in [-0.3, -0.25) is 14.4 Å². The average molecular weight is 418 g/mol. The monoisotopic (exact) mass is 418 g/mol. The van der Waals surface area contributed by atoms with Crippen molar-refractivity contribution < 1.29 is 19.1 Å². The van der Waals surface area contributed by atoms with Gasteiger partial charge < -0.3 is 15.0 Å². The third-order valence-electron chi connectivity index (χ3n) is 7.30. The van der Waals surface area contributed by atoms with E-state index in [1.165, 1.54) is 7.11 Å². The van der Waals surface area contributed by atoms with Gasteiger partial charge in [0, 0.05) is 12.2 Å². The van der Waals surface area contributed by atoms with Crippen LogP contribution in [0.15, 0.2) is 54.6 Å². The van der Waals surface area contributed by atoms with E-state index < -0.39 is 16.8 Å². The number of fused-ring (bicyclic) bond motifs is 2. The summed E-state index contributed by atoms with van der Waals surface area (Å²) in [5.74, 6) is -0.701. The van der Waals surface area contributed by atoms with E-state index in [0.29, 0.717) is 32.2 Å². The molecule has 2 aromatic rings. The molecule has 0 bridgehead atoms. The average Bonchev–Trinajstić information content (AvgIpc) is 3.45. The maximum Gasteiger partial charge on any atom is 0.321 e. The Kier molecular flexibility index (Phi) is 4.61. The first kappa shape index (κ1) is 19.8. The number of anilines is 1. The van der Waals surface area contributed by atoms with E-state index in [0.717, 1.165) is 23.2 Å². The van der Waals surface area contributed by atoms with Crippen LogP contribution in [0.3, 0.4) is 0 Å². The van der Waals surface area contributed by atoms with Crippen LogP contribution in [0.5, 0.6) is 0 Å². The SMILES string of the molecule is COC(=O)C1(C(=O)N2CC[C@@]3(C(=O)Nc4ccccc43)[C@@H]2CCc2ccccc2)CC1. The summed E-state index contributed by atoms with van der Waals surface area (Å²) in [7, 11) is 1.33. The van der Waals surface area contributed by atoms with Gasteiger partial charge in [0.2, 0.25) is 11.8 Å². The molecule has 2 aliphatic heterocycles. The fraction of sp³-hybridized carbons (Fsp3) is 0.400. The van der Waals surface area contributed by atoms with Gasteiger partial charge in [-0.15, -0.1) is 0 Å². The molecule has 1 saturated carbocycles. The van der Waals surface area contributed by atoms with E-state index in [-0.39, 0.29) is 17.9 Å². The van der Waals surface area contributed by atoms with Crippen LogP contribution in [0.1, 0.15) is 36.8 Å². The number of carbonyl (C=O) groups excluding carboxylic acids is 3. The Balaban J connectivity index is 1.53. The summed E-state index contributed by atoms with van der Waals surface area (Å²) in [6, 6.07) is 17.5. The number of benzene rings is 2. The van der Waals surface area contributed by atoms with Crippen molar-refractivity contribution in [3.8, 4) is 0 Å². The molecule has 5 rings (SSSR count). The molecule has 2 atom stereocenters. The molecular weight excluding hydrogens is 392 g/mol. The van der Waals surface area contributed by atoms with E-state index >= 15 is 0 Å². The van der Waals surface area contributed by atoms with Gasteiger partial charge >= 0.3 is 5.97 Å². The fourth-order valence-electron chi connectivity index (χ4n) is 5.50. The molecule has 0 radical (unpaired) electrons. The number of esters is 1. The minimum absolute atomic E-state index is 0.0509. The van der Waals surface area contributed by atoms with E-state index in [4.69, 9.17) is 4.74 Å². The number of nitrogens with zero attached hydrogens (tertiary/aromatic N) is 1. The van der Waals surface area contributed by atoms with Crippen molar-refractivity contribution in [3.63, 3.8) is 0 Å². The molecule has 160 valence electrons. The lowest BCUT2D eigenvalue weighted by molar-refractivity contribution is -0.156. The second kappa shape index (κ2) is 7.22. The summed E-state index contributed by atoms with van der Waals surface area (Å²) in [4.78, 5) is 41.2. The van der Waals surface area contributed by atoms with Crippen molar-refractivity contribution in [2.24, 2.45) is 5.41 Å². The van der Waals surface area contributed by atoms with Crippen LogP contribution in [0.25, 0.3) is 0 Å². The number of aryl methyl sites for hydroxylation is 1. The van der Waals surface area contributed by atoms with Crippen LogP contribution in [-0.4, -0.2) is 42.4 Å². The van der Waals surface area contributed by atoms with Gasteiger partial charge in [-0.05, 0) is 49.3 Å². The maximum absolute atomic E-state index is 13.6. The van der Waals surface area contributed by atoms with Crippen LogP contribution < -0.4 is 5.32 Å². The summed E-state index contributed by atoms with van der Waals surface area (Å²) >= 11 is 0. The molecule has 3 aliphatic rings. The van der Waals surface area contributed by atoms with E-state index in [2.05, 4.69) is 17.4 Å². The summed E-state index contributed by atoms with van der Waals surface area (Å²) in [6.07, 6.45) is 2.97. The van der Waals surface area contributed by atoms with E-state index in [9.17, 15) is 14.4 Å². The Morgan fingerprint density at radius 1 is 1.06 bits per heavy atom. The zero-order valence-corrected chi connectivity index (χ0v) is 17.6. The molecule has 0 unspecified atom stereocenters. The van der Waals surface area contributed by atoms with Crippen LogP contribution in [-0.2, 0) is 31.0 Å². The number of carbonyl (C=O) groups is 3. The van der Waals surface area contributed by atoms with Crippen LogP contribution in [0.2, 0.25) is 0 Å². The summed E-state index contributed by atoms with van der Waals surface area (Å²) in [5.41, 5.74) is 1.09. The van der Waals surface area contributed by atoms with Gasteiger partial charge in [-0.2, -0.15) is 0 Å². The smallest absolute Gasteiger partial charge is 0.321 e. The lowest BCUT2D eigenvalue weighted by Gasteiger charge is -2.35. The van der Waals surface area contributed by atoms with Crippen molar-refractivity contribution >= 4 is 23.5 Å². The highest BCUT2D eigenvalue weighted by Crippen LogP contribution is 2.54. The maximum atomic E-state index is 13.6. The molecule has 6 heteroatoms. The highest BCUT2D eigenvalue weighted by atomic mass is 16.5. The predicted octanol–water partition coefficient (Wildman–Crippen LogP) is 3.06. The quantitative estimate of drug-likeness (QED) is 0.598.